The molecule has 7 heteroatoms. The van der Waals surface area contributed by atoms with Gasteiger partial charge in [0.05, 0.1) is 45.5 Å². The van der Waals surface area contributed by atoms with Crippen molar-refractivity contribution in [2.24, 2.45) is 0 Å². The first-order valence-electron chi connectivity index (χ1n) is 10.1. The summed E-state index contributed by atoms with van der Waals surface area (Å²) in [6.07, 6.45) is 1.57. The largest absolute Gasteiger partial charge is 0.467 e. The van der Waals surface area contributed by atoms with Crippen LogP contribution in [0.4, 0.5) is 5.69 Å². The number of benzene rings is 1. The van der Waals surface area contributed by atoms with Crippen LogP contribution in [0.5, 0.6) is 0 Å². The molecule has 0 bridgehead atoms. The van der Waals surface area contributed by atoms with Gasteiger partial charge in [-0.25, -0.2) is 0 Å². The summed E-state index contributed by atoms with van der Waals surface area (Å²) in [7, 11) is 1.68. The van der Waals surface area contributed by atoms with Gasteiger partial charge in [-0.15, -0.1) is 0 Å². The SMILES string of the molecule is Cc1cccc(N2CC[NH+](CC(=O)N(C)CC(=O)NCc3ccco3)CC2)c1C. The molecule has 1 aliphatic heterocycles. The Hall–Kier alpha value is -2.80. The second-order valence-electron chi connectivity index (χ2n) is 7.74. The van der Waals surface area contributed by atoms with E-state index in [1.165, 1.54) is 26.6 Å². The van der Waals surface area contributed by atoms with Crippen LogP contribution >= 0.6 is 0 Å². The number of nitrogens with one attached hydrogen (secondary N) is 2. The van der Waals surface area contributed by atoms with Gasteiger partial charge in [0.15, 0.2) is 6.54 Å². The van der Waals surface area contributed by atoms with E-state index in [1.54, 1.807) is 25.4 Å². The maximum Gasteiger partial charge on any atom is 0.277 e. The van der Waals surface area contributed by atoms with E-state index in [0.29, 0.717) is 18.8 Å². The van der Waals surface area contributed by atoms with Crippen molar-refractivity contribution in [2.45, 2.75) is 20.4 Å². The molecule has 0 aliphatic carbocycles. The number of carbonyl (C=O) groups is 2. The molecule has 1 aliphatic rings. The molecule has 0 spiro atoms. The molecule has 0 unspecified atom stereocenters. The second-order valence-corrected chi connectivity index (χ2v) is 7.74. The van der Waals surface area contributed by atoms with Crippen LogP contribution in [0.2, 0.25) is 0 Å². The fraction of sp³-hybridized carbons (Fsp3) is 0.455. The highest BCUT2D eigenvalue weighted by Crippen LogP contribution is 2.22. The van der Waals surface area contributed by atoms with Gasteiger partial charge in [0.25, 0.3) is 5.91 Å². The Morgan fingerprint density at radius 2 is 1.93 bits per heavy atom. The number of amides is 2. The minimum Gasteiger partial charge on any atom is -0.467 e. The predicted molar refractivity (Wildman–Crippen MR) is 112 cm³/mol. The molecule has 2 amide bonds. The number of carbonyl (C=O) groups excluding carboxylic acids is 2. The van der Waals surface area contributed by atoms with Crippen LogP contribution in [0.1, 0.15) is 16.9 Å². The van der Waals surface area contributed by atoms with Gasteiger partial charge in [0.1, 0.15) is 5.76 Å². The molecule has 7 nitrogen and oxygen atoms in total. The van der Waals surface area contributed by atoms with Crippen LogP contribution in [0, 0.1) is 13.8 Å². The maximum absolute atomic E-state index is 12.5. The molecular weight excluding hydrogens is 368 g/mol. The Morgan fingerprint density at radius 3 is 2.62 bits per heavy atom. The van der Waals surface area contributed by atoms with Gasteiger partial charge in [0, 0.05) is 12.7 Å². The van der Waals surface area contributed by atoms with Crippen LogP contribution in [0.25, 0.3) is 0 Å². The highest BCUT2D eigenvalue weighted by molar-refractivity contribution is 5.84. The molecule has 1 aromatic carbocycles. The fourth-order valence-electron chi connectivity index (χ4n) is 3.63. The summed E-state index contributed by atoms with van der Waals surface area (Å²) in [5.41, 5.74) is 3.92. The third-order valence-electron chi connectivity index (χ3n) is 5.63. The van der Waals surface area contributed by atoms with Crippen molar-refractivity contribution < 1.29 is 18.9 Å². The normalized spacial score (nSPS) is 14.7. The zero-order valence-corrected chi connectivity index (χ0v) is 17.5. The summed E-state index contributed by atoms with van der Waals surface area (Å²) in [6.45, 7) is 8.80. The highest BCUT2D eigenvalue weighted by atomic mass is 16.3. The van der Waals surface area contributed by atoms with Gasteiger partial charge in [-0.2, -0.15) is 0 Å². The second kappa shape index (κ2) is 9.60. The van der Waals surface area contributed by atoms with Gasteiger partial charge in [-0.1, -0.05) is 12.1 Å². The molecule has 0 atom stereocenters. The first-order chi connectivity index (χ1) is 13.9. The first kappa shape index (κ1) is 20.9. The van der Waals surface area contributed by atoms with E-state index in [2.05, 4.69) is 42.3 Å². The van der Waals surface area contributed by atoms with Gasteiger partial charge in [-0.3, -0.25) is 9.59 Å². The number of aryl methyl sites for hydroxylation is 1. The molecule has 0 radical (unpaired) electrons. The Balaban J connectivity index is 1.41. The van der Waals surface area contributed by atoms with Crippen molar-refractivity contribution in [3.05, 3.63) is 53.5 Å². The molecule has 1 fully saturated rings. The van der Waals surface area contributed by atoms with E-state index in [-0.39, 0.29) is 18.4 Å². The summed E-state index contributed by atoms with van der Waals surface area (Å²) in [4.78, 5) is 29.7. The quantitative estimate of drug-likeness (QED) is 0.706. The minimum absolute atomic E-state index is 0.00617. The lowest BCUT2D eigenvalue weighted by atomic mass is 10.1. The maximum atomic E-state index is 12.5. The molecule has 1 saturated heterocycles. The van der Waals surface area contributed by atoms with Crippen molar-refractivity contribution in [1.29, 1.82) is 0 Å². The smallest absolute Gasteiger partial charge is 0.277 e. The lowest BCUT2D eigenvalue weighted by Crippen LogP contribution is -3.15. The first-order valence-corrected chi connectivity index (χ1v) is 10.1. The Kier molecular flexibility index (Phi) is 6.93. The monoisotopic (exact) mass is 399 g/mol. The zero-order valence-electron chi connectivity index (χ0n) is 17.5. The lowest BCUT2D eigenvalue weighted by molar-refractivity contribution is -0.892. The predicted octanol–water partition coefficient (Wildman–Crippen LogP) is 0.376. The number of piperazine rings is 1. The van der Waals surface area contributed by atoms with Crippen molar-refractivity contribution in [2.75, 3.05) is 51.2 Å². The van der Waals surface area contributed by atoms with Crippen LogP contribution in [-0.4, -0.2) is 63.0 Å². The van der Waals surface area contributed by atoms with E-state index in [1.807, 2.05) is 0 Å². The van der Waals surface area contributed by atoms with Crippen LogP contribution < -0.4 is 15.1 Å². The summed E-state index contributed by atoms with van der Waals surface area (Å²) >= 11 is 0. The molecule has 2 aromatic rings. The lowest BCUT2D eigenvalue weighted by Gasteiger charge is -2.35. The Morgan fingerprint density at radius 1 is 1.17 bits per heavy atom. The van der Waals surface area contributed by atoms with Crippen LogP contribution in [-0.2, 0) is 16.1 Å². The number of hydrogen-bond acceptors (Lipinski definition) is 4. The Labute approximate surface area is 172 Å². The Bertz CT molecular complexity index is 827. The molecule has 29 heavy (non-hydrogen) atoms. The third-order valence-corrected chi connectivity index (χ3v) is 5.63. The van der Waals surface area contributed by atoms with Crippen molar-refractivity contribution in [1.82, 2.24) is 10.2 Å². The van der Waals surface area contributed by atoms with Gasteiger partial charge in [0.2, 0.25) is 5.91 Å². The number of furan rings is 1. The topological polar surface area (TPSA) is 70.2 Å². The average Bonchev–Trinajstić information content (AvgIpc) is 3.23. The number of likely N-dealkylation sites (N-methyl/N-ethyl adjacent to an activating group) is 1. The number of anilines is 1. The molecule has 156 valence electrons. The number of rotatable bonds is 7. The molecule has 2 heterocycles. The third kappa shape index (κ3) is 5.60. The summed E-state index contributed by atoms with van der Waals surface area (Å²) in [5, 5.41) is 2.77. The van der Waals surface area contributed by atoms with Gasteiger partial charge >= 0.3 is 0 Å². The minimum atomic E-state index is -0.188. The van der Waals surface area contributed by atoms with Crippen molar-refractivity contribution >= 4 is 17.5 Å². The number of quaternary nitrogens is 1. The van der Waals surface area contributed by atoms with E-state index in [0.717, 1.165) is 26.2 Å². The summed E-state index contributed by atoms with van der Waals surface area (Å²) in [5.74, 6) is 0.499. The molecule has 1 aromatic heterocycles. The van der Waals surface area contributed by atoms with E-state index in [4.69, 9.17) is 4.42 Å². The molecule has 0 saturated carbocycles. The standard InChI is InChI=1S/C22H30N4O3/c1-17-6-4-8-20(18(17)2)26-11-9-25(10-12-26)16-22(28)24(3)15-21(27)23-14-19-7-5-13-29-19/h4-8,13H,9-12,14-16H2,1-3H3,(H,23,27)/p+1. The summed E-state index contributed by atoms with van der Waals surface area (Å²) in [6, 6.07) is 10.00. The zero-order chi connectivity index (χ0) is 20.8. The average molecular weight is 400 g/mol. The van der Waals surface area contributed by atoms with Gasteiger partial charge < -0.3 is 24.4 Å². The van der Waals surface area contributed by atoms with Crippen molar-refractivity contribution in [3.8, 4) is 0 Å². The molecular formula is C22H31N4O3+. The van der Waals surface area contributed by atoms with Crippen LogP contribution in [0.3, 0.4) is 0 Å². The van der Waals surface area contributed by atoms with E-state index >= 15 is 0 Å². The van der Waals surface area contributed by atoms with E-state index in [9.17, 15) is 9.59 Å². The van der Waals surface area contributed by atoms with E-state index < -0.39 is 0 Å². The fourth-order valence-corrected chi connectivity index (χ4v) is 3.63. The van der Waals surface area contributed by atoms with Crippen LogP contribution in [0.15, 0.2) is 41.0 Å². The van der Waals surface area contributed by atoms with Gasteiger partial charge in [-0.05, 0) is 43.2 Å². The summed E-state index contributed by atoms with van der Waals surface area (Å²) < 4.78 is 5.19. The number of hydrogen-bond donors (Lipinski definition) is 2. The highest BCUT2D eigenvalue weighted by Gasteiger charge is 2.25. The van der Waals surface area contributed by atoms with Crippen molar-refractivity contribution in [3.63, 3.8) is 0 Å². The number of nitrogens with zero attached hydrogens (tertiary/aromatic N) is 2. The molecule has 3 rings (SSSR count). The molecule has 2 N–H and O–H groups in total.